The highest BCUT2D eigenvalue weighted by Gasteiger charge is 2.08. The highest BCUT2D eigenvalue weighted by molar-refractivity contribution is 5.78. The molecule has 1 amide bonds. The monoisotopic (exact) mass is 207 g/mol. The molecular weight excluding hydrogens is 190 g/mol. The number of allylic oxidation sites excluding steroid dienone is 5. The average molecular weight is 207 g/mol. The fourth-order valence-electron chi connectivity index (χ4n) is 0.904. The molecule has 3 nitrogen and oxygen atoms in total. The van der Waals surface area contributed by atoms with Gasteiger partial charge in [0.15, 0.2) is 0 Å². The molecule has 0 saturated heterocycles. The smallest absolute Gasteiger partial charge is 0.250 e. The van der Waals surface area contributed by atoms with Crippen molar-refractivity contribution in [3.8, 4) is 0 Å². The second-order valence-electron chi connectivity index (χ2n) is 2.82. The SMILES string of the molecule is C=C/C=C\C(=C/C=C)CC(=O)N(C)OC. The summed E-state index contributed by atoms with van der Waals surface area (Å²) in [6, 6.07) is 0. The molecule has 0 spiro atoms. The molecule has 0 aromatic heterocycles. The third kappa shape index (κ3) is 5.65. The van der Waals surface area contributed by atoms with E-state index in [1.807, 2.05) is 6.08 Å². The first kappa shape index (κ1) is 13.4. The normalized spacial score (nSPS) is 11.5. The summed E-state index contributed by atoms with van der Waals surface area (Å²) in [5, 5.41) is 1.19. The van der Waals surface area contributed by atoms with Crippen molar-refractivity contribution in [1.82, 2.24) is 5.06 Å². The number of nitrogens with zero attached hydrogens (tertiary/aromatic N) is 1. The quantitative estimate of drug-likeness (QED) is 0.494. The first-order chi connectivity index (χ1) is 7.15. The van der Waals surface area contributed by atoms with Crippen LogP contribution in [0.5, 0.6) is 0 Å². The van der Waals surface area contributed by atoms with Crippen LogP contribution in [0.1, 0.15) is 6.42 Å². The molecule has 0 bridgehead atoms. The van der Waals surface area contributed by atoms with E-state index in [9.17, 15) is 4.79 Å². The standard InChI is InChI=1S/C12H17NO2/c1-5-7-9-11(8-6-2)10-12(14)13(3)15-4/h5-9H,1-2,10H2,3-4H3/b9-7-,11-8+. The van der Waals surface area contributed by atoms with E-state index in [0.717, 1.165) is 5.57 Å². The molecule has 0 rings (SSSR count). The highest BCUT2D eigenvalue weighted by atomic mass is 16.7. The lowest BCUT2D eigenvalue weighted by atomic mass is 10.1. The summed E-state index contributed by atoms with van der Waals surface area (Å²) in [6.45, 7) is 7.15. The van der Waals surface area contributed by atoms with Crippen molar-refractivity contribution in [3.63, 3.8) is 0 Å². The minimum Gasteiger partial charge on any atom is -0.275 e. The van der Waals surface area contributed by atoms with Gasteiger partial charge in [-0.2, -0.15) is 0 Å². The topological polar surface area (TPSA) is 29.5 Å². The van der Waals surface area contributed by atoms with E-state index in [4.69, 9.17) is 4.84 Å². The largest absolute Gasteiger partial charge is 0.275 e. The van der Waals surface area contributed by atoms with Gasteiger partial charge in [0.2, 0.25) is 5.91 Å². The number of rotatable bonds is 6. The van der Waals surface area contributed by atoms with Crippen LogP contribution in [0, 0.1) is 0 Å². The summed E-state index contributed by atoms with van der Waals surface area (Å²) in [6.07, 6.45) is 8.94. The van der Waals surface area contributed by atoms with Crippen molar-refractivity contribution in [3.05, 3.63) is 49.1 Å². The Morgan fingerprint density at radius 3 is 2.53 bits per heavy atom. The lowest BCUT2D eigenvalue weighted by Gasteiger charge is -2.13. The maximum atomic E-state index is 11.5. The predicted molar refractivity (Wildman–Crippen MR) is 62.0 cm³/mol. The Bertz CT molecular complexity index is 290. The maximum absolute atomic E-state index is 11.5. The van der Waals surface area contributed by atoms with Crippen LogP contribution in [0.4, 0.5) is 0 Å². The van der Waals surface area contributed by atoms with Gasteiger partial charge in [0.05, 0.1) is 13.5 Å². The van der Waals surface area contributed by atoms with Crippen molar-refractivity contribution < 1.29 is 9.63 Å². The van der Waals surface area contributed by atoms with Gasteiger partial charge in [-0.25, -0.2) is 5.06 Å². The summed E-state index contributed by atoms with van der Waals surface area (Å²) in [5.41, 5.74) is 0.860. The number of hydrogen-bond donors (Lipinski definition) is 0. The molecule has 0 aliphatic carbocycles. The van der Waals surface area contributed by atoms with E-state index in [2.05, 4.69) is 13.2 Å². The first-order valence-corrected chi connectivity index (χ1v) is 4.57. The Hall–Kier alpha value is -1.61. The van der Waals surface area contributed by atoms with E-state index in [1.54, 1.807) is 31.4 Å². The van der Waals surface area contributed by atoms with Gasteiger partial charge in [0, 0.05) is 7.05 Å². The van der Waals surface area contributed by atoms with Crippen LogP contribution in [0.25, 0.3) is 0 Å². The van der Waals surface area contributed by atoms with Gasteiger partial charge in [0.1, 0.15) is 0 Å². The summed E-state index contributed by atoms with van der Waals surface area (Å²) < 4.78 is 0. The molecule has 0 unspecified atom stereocenters. The second kappa shape index (κ2) is 7.76. The van der Waals surface area contributed by atoms with E-state index in [1.165, 1.54) is 12.2 Å². The molecular formula is C12H17NO2. The molecule has 0 aromatic carbocycles. The molecule has 3 heteroatoms. The molecule has 0 aliphatic heterocycles. The van der Waals surface area contributed by atoms with Crippen LogP contribution in [-0.2, 0) is 9.63 Å². The second-order valence-corrected chi connectivity index (χ2v) is 2.82. The van der Waals surface area contributed by atoms with Gasteiger partial charge in [-0.15, -0.1) is 0 Å². The van der Waals surface area contributed by atoms with Crippen molar-refractivity contribution in [2.75, 3.05) is 14.2 Å². The van der Waals surface area contributed by atoms with Crippen LogP contribution in [0.2, 0.25) is 0 Å². The lowest BCUT2D eigenvalue weighted by Crippen LogP contribution is -2.25. The summed E-state index contributed by atoms with van der Waals surface area (Å²) in [4.78, 5) is 16.3. The Kier molecular flexibility index (Phi) is 6.93. The highest BCUT2D eigenvalue weighted by Crippen LogP contribution is 2.06. The van der Waals surface area contributed by atoms with Crippen LogP contribution in [-0.4, -0.2) is 25.1 Å². The van der Waals surface area contributed by atoms with Gasteiger partial charge < -0.3 is 0 Å². The van der Waals surface area contributed by atoms with Gasteiger partial charge >= 0.3 is 0 Å². The summed E-state index contributed by atoms with van der Waals surface area (Å²) >= 11 is 0. The molecule has 0 aliphatic rings. The van der Waals surface area contributed by atoms with E-state index in [0.29, 0.717) is 0 Å². The predicted octanol–water partition coefficient (Wildman–Crippen LogP) is 2.25. The molecule has 0 radical (unpaired) electrons. The van der Waals surface area contributed by atoms with Crippen molar-refractivity contribution in [2.24, 2.45) is 0 Å². The summed E-state index contributed by atoms with van der Waals surface area (Å²) in [7, 11) is 3.03. The fraction of sp³-hybridized carbons (Fsp3) is 0.250. The zero-order valence-corrected chi connectivity index (χ0v) is 9.27. The minimum atomic E-state index is -0.112. The van der Waals surface area contributed by atoms with E-state index < -0.39 is 0 Å². The lowest BCUT2D eigenvalue weighted by molar-refractivity contribution is -0.167. The molecule has 0 aromatic rings. The van der Waals surface area contributed by atoms with Crippen LogP contribution < -0.4 is 0 Å². The third-order valence-corrected chi connectivity index (χ3v) is 1.76. The van der Waals surface area contributed by atoms with Gasteiger partial charge in [-0.05, 0) is 5.57 Å². The van der Waals surface area contributed by atoms with Crippen molar-refractivity contribution >= 4 is 5.91 Å². The molecule has 15 heavy (non-hydrogen) atoms. The zero-order valence-electron chi connectivity index (χ0n) is 9.27. The van der Waals surface area contributed by atoms with Crippen molar-refractivity contribution in [2.45, 2.75) is 6.42 Å². The number of hydroxylamine groups is 2. The number of amides is 1. The maximum Gasteiger partial charge on any atom is 0.250 e. The van der Waals surface area contributed by atoms with Gasteiger partial charge in [-0.3, -0.25) is 9.63 Å². The first-order valence-electron chi connectivity index (χ1n) is 4.57. The van der Waals surface area contributed by atoms with Gasteiger partial charge in [-0.1, -0.05) is 43.5 Å². The molecule has 0 saturated carbocycles. The molecule has 82 valence electrons. The molecule has 0 fully saturated rings. The Morgan fingerprint density at radius 2 is 2.07 bits per heavy atom. The molecule has 0 atom stereocenters. The van der Waals surface area contributed by atoms with E-state index >= 15 is 0 Å². The minimum absolute atomic E-state index is 0.112. The van der Waals surface area contributed by atoms with E-state index in [-0.39, 0.29) is 12.3 Å². The Labute approximate surface area is 91.0 Å². The Morgan fingerprint density at radius 1 is 1.40 bits per heavy atom. The van der Waals surface area contributed by atoms with Crippen LogP contribution in [0.3, 0.4) is 0 Å². The fourth-order valence-corrected chi connectivity index (χ4v) is 0.904. The van der Waals surface area contributed by atoms with Crippen molar-refractivity contribution in [1.29, 1.82) is 0 Å². The zero-order chi connectivity index (χ0) is 11.7. The van der Waals surface area contributed by atoms with Crippen LogP contribution in [0.15, 0.2) is 49.1 Å². The van der Waals surface area contributed by atoms with Gasteiger partial charge in [0.25, 0.3) is 0 Å². The number of carbonyl (C=O) groups is 1. The summed E-state index contributed by atoms with van der Waals surface area (Å²) in [5.74, 6) is -0.112. The molecule has 0 heterocycles. The number of hydrogen-bond acceptors (Lipinski definition) is 2. The average Bonchev–Trinajstić information content (AvgIpc) is 2.24. The van der Waals surface area contributed by atoms with Crippen LogP contribution >= 0.6 is 0 Å². The Balaban J connectivity index is 4.48. The number of carbonyl (C=O) groups excluding carboxylic acids is 1. The molecule has 0 N–H and O–H groups in total. The third-order valence-electron chi connectivity index (χ3n) is 1.76.